The van der Waals surface area contributed by atoms with Crippen molar-refractivity contribution in [3.63, 3.8) is 0 Å². The molecule has 108 valence electrons. The summed E-state index contributed by atoms with van der Waals surface area (Å²) in [6, 6.07) is 6.41. The molecule has 0 radical (unpaired) electrons. The minimum absolute atomic E-state index is 0.143. The van der Waals surface area contributed by atoms with Crippen molar-refractivity contribution >= 4 is 10.9 Å². The fraction of sp³-hybridized carbons (Fsp3) is 0.154. The van der Waals surface area contributed by atoms with Gasteiger partial charge in [-0.05, 0) is 18.2 Å². The molecule has 0 aliphatic heterocycles. The molecule has 0 saturated carbocycles. The highest BCUT2D eigenvalue weighted by atomic mass is 16.5. The van der Waals surface area contributed by atoms with Crippen LogP contribution < -0.4 is 16.0 Å². The Morgan fingerprint density at radius 2 is 2.10 bits per heavy atom. The monoisotopic (exact) mass is 288 g/mol. The van der Waals surface area contributed by atoms with Gasteiger partial charge in [-0.2, -0.15) is 0 Å². The first-order valence-corrected chi connectivity index (χ1v) is 6.13. The highest BCUT2D eigenvalue weighted by Crippen LogP contribution is 2.27. The molecular weight excluding hydrogens is 276 g/mol. The number of hydrogen-bond acceptors (Lipinski definition) is 5. The summed E-state index contributed by atoms with van der Waals surface area (Å²) in [6.45, 7) is 0.155. The van der Waals surface area contributed by atoms with Crippen LogP contribution in [0.1, 0.15) is 5.69 Å². The Labute approximate surface area is 117 Å². The first-order valence-electron chi connectivity index (χ1n) is 6.13. The fourth-order valence-electron chi connectivity index (χ4n) is 2.15. The van der Waals surface area contributed by atoms with E-state index >= 15 is 0 Å². The van der Waals surface area contributed by atoms with Crippen molar-refractivity contribution in [3.8, 4) is 11.6 Å². The Balaban J connectivity index is 2.08. The summed E-state index contributed by atoms with van der Waals surface area (Å²) in [4.78, 5) is 27.1. The van der Waals surface area contributed by atoms with Crippen molar-refractivity contribution in [2.24, 2.45) is 0 Å². The summed E-state index contributed by atoms with van der Waals surface area (Å²) < 4.78 is 6.59. The molecule has 8 nitrogen and oxygen atoms in total. The summed E-state index contributed by atoms with van der Waals surface area (Å²) in [7, 11) is 1.53. The molecule has 0 saturated heterocycles. The SMILES string of the molecule is COc1ccc2c(c1)c(O)nn2Cc1cc(=O)[nH]c(=O)[nH]1. The van der Waals surface area contributed by atoms with Crippen molar-refractivity contribution in [1.82, 2.24) is 19.7 Å². The van der Waals surface area contributed by atoms with Crippen LogP contribution in [0.25, 0.3) is 10.9 Å². The second-order valence-electron chi connectivity index (χ2n) is 4.48. The van der Waals surface area contributed by atoms with Gasteiger partial charge in [0.15, 0.2) is 0 Å². The molecule has 21 heavy (non-hydrogen) atoms. The zero-order chi connectivity index (χ0) is 15.0. The summed E-state index contributed by atoms with van der Waals surface area (Å²) in [5.74, 6) is 0.456. The van der Waals surface area contributed by atoms with Crippen LogP contribution in [0.4, 0.5) is 0 Å². The quantitative estimate of drug-likeness (QED) is 0.636. The maximum absolute atomic E-state index is 11.3. The van der Waals surface area contributed by atoms with Gasteiger partial charge in [-0.1, -0.05) is 0 Å². The smallest absolute Gasteiger partial charge is 0.325 e. The minimum Gasteiger partial charge on any atom is -0.497 e. The van der Waals surface area contributed by atoms with E-state index in [9.17, 15) is 14.7 Å². The summed E-state index contributed by atoms with van der Waals surface area (Å²) in [5.41, 5.74) is -0.0191. The number of aromatic hydroxyl groups is 1. The highest BCUT2D eigenvalue weighted by Gasteiger charge is 2.11. The van der Waals surface area contributed by atoms with Gasteiger partial charge in [0.1, 0.15) is 5.75 Å². The second-order valence-corrected chi connectivity index (χ2v) is 4.48. The number of hydrogen-bond donors (Lipinski definition) is 3. The number of ether oxygens (including phenoxy) is 1. The van der Waals surface area contributed by atoms with E-state index in [1.54, 1.807) is 18.2 Å². The van der Waals surface area contributed by atoms with Crippen LogP contribution in [0.2, 0.25) is 0 Å². The standard InChI is InChI=1S/C13H12N4O4/c1-21-8-2-3-10-9(5-8)12(19)16-17(10)6-7-4-11(18)15-13(20)14-7/h2-5H,6H2,1H3,(H,16,19)(H2,14,15,18,20). The average molecular weight is 288 g/mol. The molecule has 0 spiro atoms. The molecule has 0 unspecified atom stereocenters. The predicted octanol–water partition coefficient (Wildman–Crippen LogP) is 0.175. The van der Waals surface area contributed by atoms with Crippen LogP contribution in [-0.2, 0) is 6.54 Å². The lowest BCUT2D eigenvalue weighted by Crippen LogP contribution is -2.24. The van der Waals surface area contributed by atoms with Crippen molar-refractivity contribution in [2.75, 3.05) is 7.11 Å². The Morgan fingerprint density at radius 1 is 1.29 bits per heavy atom. The van der Waals surface area contributed by atoms with E-state index < -0.39 is 11.2 Å². The largest absolute Gasteiger partial charge is 0.497 e. The number of nitrogens with one attached hydrogen (secondary N) is 2. The van der Waals surface area contributed by atoms with E-state index in [4.69, 9.17) is 4.74 Å². The Morgan fingerprint density at radius 3 is 2.81 bits per heavy atom. The molecule has 8 heteroatoms. The third kappa shape index (κ3) is 2.38. The van der Waals surface area contributed by atoms with Gasteiger partial charge in [-0.15, -0.1) is 5.10 Å². The van der Waals surface area contributed by atoms with E-state index in [1.165, 1.54) is 17.9 Å². The first kappa shape index (κ1) is 13.0. The van der Waals surface area contributed by atoms with Gasteiger partial charge in [-0.25, -0.2) is 4.79 Å². The molecule has 2 heterocycles. The Hall–Kier alpha value is -3.03. The van der Waals surface area contributed by atoms with Gasteiger partial charge < -0.3 is 14.8 Å². The maximum atomic E-state index is 11.3. The number of aromatic amines is 2. The molecular formula is C13H12N4O4. The molecule has 3 aromatic rings. The van der Waals surface area contributed by atoms with Gasteiger partial charge in [0.25, 0.3) is 5.56 Å². The summed E-state index contributed by atoms with van der Waals surface area (Å²) in [5, 5.41) is 14.4. The first-order chi connectivity index (χ1) is 10.1. The lowest BCUT2D eigenvalue weighted by Gasteiger charge is -2.03. The molecule has 1 aromatic carbocycles. The normalized spacial score (nSPS) is 10.9. The Bertz CT molecular complexity index is 894. The zero-order valence-corrected chi connectivity index (χ0v) is 11.1. The lowest BCUT2D eigenvalue weighted by molar-refractivity contribution is 0.415. The average Bonchev–Trinajstić information content (AvgIpc) is 2.74. The van der Waals surface area contributed by atoms with Gasteiger partial charge in [-0.3, -0.25) is 14.5 Å². The van der Waals surface area contributed by atoms with Gasteiger partial charge in [0.2, 0.25) is 5.88 Å². The molecule has 0 aliphatic carbocycles. The molecule has 3 rings (SSSR count). The number of nitrogens with zero attached hydrogens (tertiary/aromatic N) is 2. The zero-order valence-electron chi connectivity index (χ0n) is 11.1. The molecule has 3 N–H and O–H groups in total. The number of benzene rings is 1. The van der Waals surface area contributed by atoms with E-state index in [1.807, 2.05) is 0 Å². The van der Waals surface area contributed by atoms with Crippen LogP contribution in [0.5, 0.6) is 11.6 Å². The van der Waals surface area contributed by atoms with Crippen LogP contribution >= 0.6 is 0 Å². The Kier molecular flexibility index (Phi) is 2.98. The van der Waals surface area contributed by atoms with Crippen LogP contribution in [0.3, 0.4) is 0 Å². The molecule has 0 fully saturated rings. The topological polar surface area (TPSA) is 113 Å². The van der Waals surface area contributed by atoms with Crippen LogP contribution in [0, 0.1) is 0 Å². The van der Waals surface area contributed by atoms with Crippen molar-refractivity contribution in [1.29, 1.82) is 0 Å². The van der Waals surface area contributed by atoms with Crippen molar-refractivity contribution < 1.29 is 9.84 Å². The molecule has 0 bridgehead atoms. The van der Waals surface area contributed by atoms with Crippen LogP contribution in [0.15, 0.2) is 33.9 Å². The number of methoxy groups -OCH3 is 1. The number of aromatic nitrogens is 4. The molecule has 0 aliphatic rings. The second kappa shape index (κ2) is 4.82. The predicted molar refractivity (Wildman–Crippen MR) is 74.7 cm³/mol. The maximum Gasteiger partial charge on any atom is 0.325 e. The van der Waals surface area contributed by atoms with E-state index in [0.29, 0.717) is 22.3 Å². The van der Waals surface area contributed by atoms with Gasteiger partial charge in [0, 0.05) is 11.8 Å². The number of rotatable bonds is 3. The summed E-state index contributed by atoms with van der Waals surface area (Å²) >= 11 is 0. The van der Waals surface area contributed by atoms with E-state index in [0.717, 1.165) is 0 Å². The third-order valence-corrected chi connectivity index (χ3v) is 3.07. The fourth-order valence-corrected chi connectivity index (χ4v) is 2.15. The minimum atomic E-state index is -0.583. The third-order valence-electron chi connectivity index (χ3n) is 3.07. The number of H-pyrrole nitrogens is 2. The van der Waals surface area contributed by atoms with Crippen molar-refractivity contribution in [3.05, 3.63) is 50.8 Å². The lowest BCUT2D eigenvalue weighted by atomic mass is 10.2. The van der Waals surface area contributed by atoms with Gasteiger partial charge in [0.05, 0.1) is 24.6 Å². The van der Waals surface area contributed by atoms with E-state index in [-0.39, 0.29) is 12.4 Å². The van der Waals surface area contributed by atoms with E-state index in [2.05, 4.69) is 15.1 Å². The summed E-state index contributed by atoms with van der Waals surface area (Å²) in [6.07, 6.45) is 0. The molecule has 0 atom stereocenters. The molecule has 2 aromatic heterocycles. The highest BCUT2D eigenvalue weighted by molar-refractivity contribution is 5.85. The number of fused-ring (bicyclic) bond motifs is 1. The van der Waals surface area contributed by atoms with Crippen LogP contribution in [-0.4, -0.2) is 32.0 Å². The van der Waals surface area contributed by atoms with Gasteiger partial charge >= 0.3 is 5.69 Å². The molecule has 0 amide bonds. The van der Waals surface area contributed by atoms with Crippen molar-refractivity contribution in [2.45, 2.75) is 6.54 Å².